The predicted octanol–water partition coefficient (Wildman–Crippen LogP) is 5.76. The lowest BCUT2D eigenvalue weighted by atomic mass is 9.64. The minimum absolute atomic E-state index is 0.0511. The Morgan fingerprint density at radius 2 is 0.962 bits per heavy atom. The van der Waals surface area contributed by atoms with E-state index in [1.54, 1.807) is 0 Å². The van der Waals surface area contributed by atoms with Crippen molar-refractivity contribution in [2.24, 2.45) is 10.8 Å². The Bertz CT molecular complexity index is 914. The third kappa shape index (κ3) is 2.69. The van der Waals surface area contributed by atoms with Crippen molar-refractivity contribution in [3.8, 4) is 23.7 Å². The molecule has 2 aromatic rings. The molecule has 0 fully saturated rings. The van der Waals surface area contributed by atoms with Crippen molar-refractivity contribution in [1.29, 1.82) is 0 Å². The lowest BCUT2D eigenvalue weighted by Crippen LogP contribution is -2.31. The van der Waals surface area contributed by atoms with Gasteiger partial charge in [0.05, 0.1) is 0 Å². The van der Waals surface area contributed by atoms with Crippen LogP contribution in [0.5, 0.6) is 0 Å². The largest absolute Gasteiger partial charge is 0.0714 e. The second kappa shape index (κ2) is 6.40. The zero-order valence-corrected chi connectivity index (χ0v) is 15.3. The van der Waals surface area contributed by atoms with Crippen LogP contribution in [-0.4, -0.2) is 0 Å². The topological polar surface area (TPSA) is 0 Å². The van der Waals surface area contributed by atoms with E-state index in [2.05, 4.69) is 73.9 Å². The molecule has 0 spiro atoms. The van der Waals surface area contributed by atoms with Crippen LogP contribution in [0.4, 0.5) is 0 Å². The maximum Gasteiger partial charge on any atom is 0.0248 e. The van der Waals surface area contributed by atoms with Gasteiger partial charge in [0.15, 0.2) is 0 Å². The predicted molar refractivity (Wildman–Crippen MR) is 108 cm³/mol. The zero-order valence-electron chi connectivity index (χ0n) is 15.3. The summed E-state index contributed by atoms with van der Waals surface area (Å²) in [5.74, 6) is 13.6. The first-order valence-corrected chi connectivity index (χ1v) is 9.17. The first kappa shape index (κ1) is 16.5. The molecule has 2 aliphatic carbocycles. The third-order valence-corrected chi connectivity index (χ3v) is 6.07. The molecule has 0 saturated carbocycles. The molecule has 0 heterocycles. The Morgan fingerprint density at radius 3 is 1.35 bits per heavy atom. The fourth-order valence-corrected chi connectivity index (χ4v) is 4.03. The molecule has 0 aromatic heterocycles. The first-order chi connectivity index (χ1) is 12.6. The van der Waals surface area contributed by atoms with Gasteiger partial charge in [-0.15, -0.1) is 0 Å². The quantitative estimate of drug-likeness (QED) is 0.537. The number of benzene rings is 2. The summed E-state index contributed by atoms with van der Waals surface area (Å²) in [4.78, 5) is 0. The van der Waals surface area contributed by atoms with E-state index in [9.17, 15) is 0 Å². The minimum atomic E-state index is 0.0511. The van der Waals surface area contributed by atoms with Crippen LogP contribution in [0.2, 0.25) is 0 Å². The van der Waals surface area contributed by atoms with E-state index < -0.39 is 0 Å². The van der Waals surface area contributed by atoms with Gasteiger partial charge >= 0.3 is 0 Å². The number of hydrogen-bond donors (Lipinski definition) is 0. The van der Waals surface area contributed by atoms with Crippen LogP contribution in [0.25, 0.3) is 0 Å². The van der Waals surface area contributed by atoms with Gasteiger partial charge in [0.2, 0.25) is 0 Å². The van der Waals surface area contributed by atoms with Crippen LogP contribution < -0.4 is 0 Å². The number of fused-ring (bicyclic) bond motifs is 1. The van der Waals surface area contributed by atoms with Crippen molar-refractivity contribution in [3.05, 3.63) is 95.1 Å². The summed E-state index contributed by atoms with van der Waals surface area (Å²) in [5, 5.41) is 0. The highest BCUT2D eigenvalue weighted by Crippen LogP contribution is 2.62. The minimum Gasteiger partial charge on any atom is -0.0714 e. The Kier molecular flexibility index (Phi) is 4.06. The lowest BCUT2D eigenvalue weighted by molar-refractivity contribution is 0.215. The van der Waals surface area contributed by atoms with Crippen LogP contribution >= 0.6 is 0 Å². The summed E-state index contributed by atoms with van der Waals surface area (Å²) in [5.41, 5.74) is 4.76. The van der Waals surface area contributed by atoms with Gasteiger partial charge in [-0.05, 0) is 37.1 Å². The van der Waals surface area contributed by atoms with Gasteiger partial charge < -0.3 is 0 Å². The molecule has 2 aliphatic rings. The molecule has 4 rings (SSSR count). The summed E-state index contributed by atoms with van der Waals surface area (Å²) in [6.45, 7) is 4.69. The van der Waals surface area contributed by atoms with Gasteiger partial charge in [-0.1, -0.05) is 86.1 Å². The van der Waals surface area contributed by atoms with E-state index in [0.29, 0.717) is 0 Å². The van der Waals surface area contributed by atoms with Gasteiger partial charge in [-0.25, -0.2) is 0 Å². The van der Waals surface area contributed by atoms with Crippen LogP contribution in [-0.2, 0) is 0 Å². The van der Waals surface area contributed by atoms with E-state index in [1.165, 1.54) is 11.1 Å². The number of allylic oxidation sites excluding steroid dienone is 4. The van der Waals surface area contributed by atoms with Crippen molar-refractivity contribution in [2.75, 3.05) is 0 Å². The third-order valence-electron chi connectivity index (χ3n) is 6.07. The second-order valence-electron chi connectivity index (χ2n) is 7.54. The van der Waals surface area contributed by atoms with E-state index >= 15 is 0 Å². The van der Waals surface area contributed by atoms with Crippen LogP contribution in [0.3, 0.4) is 0 Å². The SMILES string of the molecule is CC12CC=C(C#Cc3ccccc3)C1(C)CC=C2C#Cc1ccccc1. The molecule has 0 bridgehead atoms. The molecular formula is C26H22. The summed E-state index contributed by atoms with van der Waals surface area (Å²) in [6, 6.07) is 20.4. The van der Waals surface area contributed by atoms with Gasteiger partial charge in [-0.2, -0.15) is 0 Å². The van der Waals surface area contributed by atoms with Gasteiger partial charge in [-0.3, -0.25) is 0 Å². The standard InChI is InChI=1S/C26H22/c1-25-19-17-24(16-14-22-11-7-4-8-12-22)26(25,2)20-18-23(25)15-13-21-9-5-3-6-10-21/h3-12,17-18H,19-20H2,1-2H3. The van der Waals surface area contributed by atoms with Gasteiger partial charge in [0.1, 0.15) is 0 Å². The molecular weight excluding hydrogens is 312 g/mol. The van der Waals surface area contributed by atoms with Crippen molar-refractivity contribution in [3.63, 3.8) is 0 Å². The van der Waals surface area contributed by atoms with Crippen molar-refractivity contribution in [1.82, 2.24) is 0 Å². The highest BCUT2D eigenvalue weighted by molar-refractivity contribution is 5.55. The highest BCUT2D eigenvalue weighted by atomic mass is 14.6. The fourth-order valence-electron chi connectivity index (χ4n) is 4.03. The van der Waals surface area contributed by atoms with E-state index in [1.807, 2.05) is 36.4 Å². The second-order valence-corrected chi connectivity index (χ2v) is 7.54. The van der Waals surface area contributed by atoms with Gasteiger partial charge in [0.25, 0.3) is 0 Å². The van der Waals surface area contributed by atoms with Crippen molar-refractivity contribution >= 4 is 0 Å². The summed E-state index contributed by atoms with van der Waals surface area (Å²) < 4.78 is 0. The molecule has 0 radical (unpaired) electrons. The van der Waals surface area contributed by atoms with Crippen LogP contribution in [0.1, 0.15) is 37.8 Å². The summed E-state index contributed by atoms with van der Waals surface area (Å²) in [6.07, 6.45) is 6.68. The molecule has 26 heavy (non-hydrogen) atoms. The Labute approximate surface area is 156 Å². The number of hydrogen-bond acceptors (Lipinski definition) is 0. The normalized spacial score (nSPS) is 25.9. The average molecular weight is 334 g/mol. The average Bonchev–Trinajstić information content (AvgIpc) is 3.08. The lowest BCUT2D eigenvalue weighted by Gasteiger charge is -2.37. The molecule has 2 aromatic carbocycles. The fraction of sp³-hybridized carbons (Fsp3) is 0.231. The van der Waals surface area contributed by atoms with E-state index in [-0.39, 0.29) is 10.8 Å². The number of rotatable bonds is 0. The maximum absolute atomic E-state index is 3.46. The molecule has 0 saturated heterocycles. The van der Waals surface area contributed by atoms with Crippen molar-refractivity contribution in [2.45, 2.75) is 26.7 Å². The first-order valence-electron chi connectivity index (χ1n) is 9.17. The Balaban J connectivity index is 1.60. The molecule has 2 atom stereocenters. The zero-order chi connectivity index (χ0) is 18.0. The maximum atomic E-state index is 3.46. The van der Waals surface area contributed by atoms with Crippen LogP contribution in [0, 0.1) is 34.5 Å². The molecule has 0 aliphatic heterocycles. The smallest absolute Gasteiger partial charge is 0.0248 e. The van der Waals surface area contributed by atoms with E-state index in [0.717, 1.165) is 24.0 Å². The van der Waals surface area contributed by atoms with E-state index in [4.69, 9.17) is 0 Å². The summed E-state index contributed by atoms with van der Waals surface area (Å²) in [7, 11) is 0. The molecule has 126 valence electrons. The molecule has 0 N–H and O–H groups in total. The molecule has 0 amide bonds. The molecule has 0 heteroatoms. The monoisotopic (exact) mass is 334 g/mol. The summed E-state index contributed by atoms with van der Waals surface area (Å²) >= 11 is 0. The highest BCUT2D eigenvalue weighted by Gasteiger charge is 2.54. The Morgan fingerprint density at radius 1 is 0.577 bits per heavy atom. The molecule has 0 nitrogen and oxygen atoms in total. The Hall–Kier alpha value is -2.96. The van der Waals surface area contributed by atoms with Crippen molar-refractivity contribution < 1.29 is 0 Å². The van der Waals surface area contributed by atoms with Gasteiger partial charge in [0, 0.05) is 33.1 Å². The molecule has 2 unspecified atom stereocenters. The van der Waals surface area contributed by atoms with Crippen LogP contribution in [0.15, 0.2) is 84.0 Å².